The molecule has 0 spiro atoms. The van der Waals surface area contributed by atoms with E-state index < -0.39 is 11.9 Å². The van der Waals surface area contributed by atoms with Gasteiger partial charge in [0.05, 0.1) is 6.20 Å². The number of anilines is 1. The van der Waals surface area contributed by atoms with Gasteiger partial charge in [0.2, 0.25) is 0 Å². The number of aromatic nitrogens is 4. The van der Waals surface area contributed by atoms with Gasteiger partial charge in [-0.3, -0.25) is 9.58 Å². The normalized spacial score (nSPS) is 16.6. The fourth-order valence-electron chi connectivity index (χ4n) is 2.81. The van der Waals surface area contributed by atoms with Crippen molar-refractivity contribution in [1.82, 2.24) is 24.6 Å². The Morgan fingerprint density at radius 2 is 1.83 bits per heavy atom. The van der Waals surface area contributed by atoms with Crippen LogP contribution in [0.4, 0.5) is 19.0 Å². The molecule has 3 rings (SSSR count). The minimum atomic E-state index is -4.45. The molecule has 6 nitrogen and oxygen atoms in total. The number of piperazine rings is 1. The van der Waals surface area contributed by atoms with Crippen LogP contribution in [0.1, 0.15) is 17.1 Å². The standard InChI is InChI=1S/C15H19F3N6/c1-11-20-13(15(16,17)18)7-14(21-11)24-5-3-23(4-6-24)10-12-8-19-22(2)9-12/h7-9H,3-6,10H2,1-2H3. The molecular weight excluding hydrogens is 321 g/mol. The van der Waals surface area contributed by atoms with Crippen LogP contribution in [0.15, 0.2) is 18.5 Å². The van der Waals surface area contributed by atoms with Crippen LogP contribution in [0.2, 0.25) is 0 Å². The molecule has 2 aromatic heterocycles. The van der Waals surface area contributed by atoms with Gasteiger partial charge in [0.15, 0.2) is 0 Å². The average molecular weight is 340 g/mol. The largest absolute Gasteiger partial charge is 0.433 e. The zero-order valence-electron chi connectivity index (χ0n) is 13.6. The van der Waals surface area contributed by atoms with Crippen molar-refractivity contribution in [3.63, 3.8) is 0 Å². The lowest BCUT2D eigenvalue weighted by Gasteiger charge is -2.35. The number of alkyl halides is 3. The van der Waals surface area contributed by atoms with E-state index in [1.807, 2.05) is 24.3 Å². The van der Waals surface area contributed by atoms with Crippen LogP contribution in [0.5, 0.6) is 0 Å². The fraction of sp³-hybridized carbons (Fsp3) is 0.533. The van der Waals surface area contributed by atoms with Crippen molar-refractivity contribution < 1.29 is 13.2 Å². The first-order valence-electron chi connectivity index (χ1n) is 7.69. The van der Waals surface area contributed by atoms with Crippen LogP contribution in [-0.2, 0) is 19.8 Å². The Hall–Kier alpha value is -2.16. The molecule has 0 bridgehead atoms. The third kappa shape index (κ3) is 3.84. The Balaban J connectivity index is 1.65. The van der Waals surface area contributed by atoms with Gasteiger partial charge in [-0.1, -0.05) is 0 Å². The summed E-state index contributed by atoms with van der Waals surface area (Å²) in [6, 6.07) is 1.03. The minimum absolute atomic E-state index is 0.137. The highest BCUT2D eigenvalue weighted by Gasteiger charge is 2.34. The molecule has 24 heavy (non-hydrogen) atoms. The SMILES string of the molecule is Cc1nc(N2CCN(Cc3cnn(C)c3)CC2)cc(C(F)(F)F)n1. The van der Waals surface area contributed by atoms with Crippen molar-refractivity contribution in [2.45, 2.75) is 19.6 Å². The fourth-order valence-corrected chi connectivity index (χ4v) is 2.81. The first-order valence-corrected chi connectivity index (χ1v) is 7.69. The maximum Gasteiger partial charge on any atom is 0.433 e. The van der Waals surface area contributed by atoms with Crippen LogP contribution < -0.4 is 4.90 Å². The number of nitrogens with zero attached hydrogens (tertiary/aromatic N) is 6. The van der Waals surface area contributed by atoms with Gasteiger partial charge in [0, 0.05) is 57.6 Å². The quantitative estimate of drug-likeness (QED) is 0.854. The van der Waals surface area contributed by atoms with Gasteiger partial charge >= 0.3 is 6.18 Å². The van der Waals surface area contributed by atoms with Crippen molar-refractivity contribution in [2.24, 2.45) is 7.05 Å². The summed E-state index contributed by atoms with van der Waals surface area (Å²) in [6.07, 6.45) is -0.657. The number of rotatable bonds is 3. The van der Waals surface area contributed by atoms with Crippen molar-refractivity contribution in [3.05, 3.63) is 35.5 Å². The number of aryl methyl sites for hydroxylation is 2. The number of halogens is 3. The van der Waals surface area contributed by atoms with Crippen molar-refractivity contribution in [3.8, 4) is 0 Å². The minimum Gasteiger partial charge on any atom is -0.354 e. The smallest absolute Gasteiger partial charge is 0.354 e. The Bertz CT molecular complexity index is 703. The molecular formula is C15H19F3N6. The summed E-state index contributed by atoms with van der Waals surface area (Å²) < 4.78 is 40.4. The lowest BCUT2D eigenvalue weighted by Crippen LogP contribution is -2.46. The molecule has 1 fully saturated rings. The molecule has 0 saturated carbocycles. The van der Waals surface area contributed by atoms with Crippen LogP contribution in [-0.4, -0.2) is 50.8 Å². The summed E-state index contributed by atoms with van der Waals surface area (Å²) in [5.74, 6) is 0.480. The van der Waals surface area contributed by atoms with Gasteiger partial charge in [-0.25, -0.2) is 9.97 Å². The van der Waals surface area contributed by atoms with E-state index in [1.165, 1.54) is 6.92 Å². The van der Waals surface area contributed by atoms with Gasteiger partial charge in [0.1, 0.15) is 17.3 Å². The summed E-state index contributed by atoms with van der Waals surface area (Å²) in [4.78, 5) is 11.8. The van der Waals surface area contributed by atoms with E-state index in [2.05, 4.69) is 20.0 Å². The van der Waals surface area contributed by atoms with E-state index >= 15 is 0 Å². The van der Waals surface area contributed by atoms with Crippen LogP contribution in [0.3, 0.4) is 0 Å². The summed E-state index contributed by atoms with van der Waals surface area (Å²) in [6.45, 7) is 5.07. The zero-order valence-corrected chi connectivity index (χ0v) is 13.6. The third-order valence-electron chi connectivity index (χ3n) is 3.98. The Labute approximate surface area is 137 Å². The van der Waals surface area contributed by atoms with Gasteiger partial charge in [0.25, 0.3) is 0 Å². The van der Waals surface area contributed by atoms with E-state index in [0.717, 1.165) is 31.3 Å². The average Bonchev–Trinajstić information content (AvgIpc) is 2.91. The van der Waals surface area contributed by atoms with Crippen molar-refractivity contribution >= 4 is 5.82 Å². The predicted octanol–water partition coefficient (Wildman–Crippen LogP) is 1.86. The van der Waals surface area contributed by atoms with Crippen molar-refractivity contribution in [2.75, 3.05) is 31.1 Å². The number of hydrogen-bond acceptors (Lipinski definition) is 5. The monoisotopic (exact) mass is 340 g/mol. The molecule has 0 atom stereocenters. The van der Waals surface area contributed by atoms with Crippen LogP contribution >= 0.6 is 0 Å². The van der Waals surface area contributed by atoms with Crippen LogP contribution in [0, 0.1) is 6.92 Å². The zero-order chi connectivity index (χ0) is 17.3. The molecule has 0 N–H and O–H groups in total. The third-order valence-corrected chi connectivity index (χ3v) is 3.98. The Morgan fingerprint density at radius 1 is 1.12 bits per heavy atom. The topological polar surface area (TPSA) is 50.1 Å². The molecule has 1 aliphatic heterocycles. The molecule has 2 aromatic rings. The summed E-state index contributed by atoms with van der Waals surface area (Å²) in [5, 5.41) is 4.14. The Morgan fingerprint density at radius 3 is 2.42 bits per heavy atom. The van der Waals surface area contributed by atoms with E-state index in [0.29, 0.717) is 18.9 Å². The predicted molar refractivity (Wildman–Crippen MR) is 82.5 cm³/mol. The highest BCUT2D eigenvalue weighted by molar-refractivity contribution is 5.41. The first-order chi connectivity index (χ1) is 11.3. The molecule has 1 saturated heterocycles. The molecule has 0 aliphatic carbocycles. The van der Waals surface area contributed by atoms with E-state index in [-0.39, 0.29) is 5.82 Å². The van der Waals surface area contributed by atoms with Gasteiger partial charge in [-0.2, -0.15) is 18.3 Å². The first kappa shape index (κ1) is 16.7. The molecule has 0 aromatic carbocycles. The molecule has 0 amide bonds. The lowest BCUT2D eigenvalue weighted by atomic mass is 10.2. The second-order valence-corrected chi connectivity index (χ2v) is 5.94. The van der Waals surface area contributed by atoms with Gasteiger partial charge < -0.3 is 4.90 Å². The van der Waals surface area contributed by atoms with Crippen molar-refractivity contribution in [1.29, 1.82) is 0 Å². The summed E-state index contributed by atoms with van der Waals surface area (Å²) >= 11 is 0. The molecule has 3 heterocycles. The molecule has 0 unspecified atom stereocenters. The summed E-state index contributed by atoms with van der Waals surface area (Å²) in [7, 11) is 1.87. The molecule has 130 valence electrons. The maximum atomic E-state index is 12.9. The molecule has 0 radical (unpaired) electrons. The second-order valence-electron chi connectivity index (χ2n) is 5.94. The highest BCUT2D eigenvalue weighted by atomic mass is 19.4. The number of hydrogen-bond donors (Lipinski definition) is 0. The van der Waals surface area contributed by atoms with Gasteiger partial charge in [-0.15, -0.1) is 0 Å². The maximum absolute atomic E-state index is 12.9. The highest BCUT2D eigenvalue weighted by Crippen LogP contribution is 2.29. The second kappa shape index (κ2) is 6.39. The van der Waals surface area contributed by atoms with Crippen LogP contribution in [0.25, 0.3) is 0 Å². The molecule has 9 heteroatoms. The van der Waals surface area contributed by atoms with Gasteiger partial charge in [-0.05, 0) is 6.92 Å². The van der Waals surface area contributed by atoms with E-state index in [9.17, 15) is 13.2 Å². The molecule has 1 aliphatic rings. The lowest BCUT2D eigenvalue weighted by molar-refractivity contribution is -0.141. The Kier molecular flexibility index (Phi) is 4.44. The van der Waals surface area contributed by atoms with E-state index in [1.54, 1.807) is 4.68 Å². The summed E-state index contributed by atoms with van der Waals surface area (Å²) in [5.41, 5.74) is 0.242. The van der Waals surface area contributed by atoms with E-state index in [4.69, 9.17) is 0 Å².